The molecule has 0 saturated carbocycles. The molecule has 2 heterocycles. The molecule has 0 saturated heterocycles. The number of hydrogen-bond acceptors (Lipinski definition) is 4. The number of nitrogens with one attached hydrogen (secondary N) is 1. The third-order valence-corrected chi connectivity index (χ3v) is 6.41. The Morgan fingerprint density at radius 3 is 2.45 bits per heavy atom. The van der Waals surface area contributed by atoms with Crippen LogP contribution in [0.3, 0.4) is 0 Å². The van der Waals surface area contributed by atoms with Gasteiger partial charge in [-0.1, -0.05) is 45.4 Å². The highest BCUT2D eigenvalue weighted by Crippen LogP contribution is 2.37. The van der Waals surface area contributed by atoms with Crippen molar-refractivity contribution in [2.45, 2.75) is 39.5 Å². The van der Waals surface area contributed by atoms with E-state index in [-0.39, 0.29) is 17.4 Å². The van der Waals surface area contributed by atoms with Gasteiger partial charge in [0.25, 0.3) is 0 Å². The van der Waals surface area contributed by atoms with Gasteiger partial charge >= 0.3 is 11.9 Å². The van der Waals surface area contributed by atoms with E-state index in [4.69, 9.17) is 0 Å². The van der Waals surface area contributed by atoms with Gasteiger partial charge in [-0.25, -0.2) is 14.6 Å². The fourth-order valence-corrected chi connectivity index (χ4v) is 4.61. The summed E-state index contributed by atoms with van der Waals surface area (Å²) < 4.78 is 0. The number of carboxylic acids is 2. The number of aromatic nitrogens is 2. The first-order valence-electron chi connectivity index (χ1n) is 10.3. The molecule has 162 valence electrons. The maximum atomic E-state index is 11.7. The molecule has 0 spiro atoms. The summed E-state index contributed by atoms with van der Waals surface area (Å²) in [7, 11) is 0. The van der Waals surface area contributed by atoms with E-state index in [1.165, 1.54) is 11.3 Å². The molecule has 1 aromatic carbocycles. The van der Waals surface area contributed by atoms with E-state index in [2.05, 4.69) is 23.8 Å². The second-order valence-corrected chi connectivity index (χ2v) is 8.38. The van der Waals surface area contributed by atoms with Gasteiger partial charge in [0, 0.05) is 11.5 Å². The summed E-state index contributed by atoms with van der Waals surface area (Å²) in [5.74, 6) is -0.881. The number of aromatic carboxylic acids is 1. The lowest BCUT2D eigenvalue weighted by Crippen LogP contribution is -2.13. The number of aliphatic carboxylic acids is 1. The molecule has 3 N–H and O–H groups in total. The van der Waals surface area contributed by atoms with E-state index in [1.807, 2.05) is 30.5 Å². The molecule has 6 nitrogen and oxygen atoms in total. The third-order valence-electron chi connectivity index (χ3n) is 5.46. The Morgan fingerprint density at radius 2 is 1.87 bits per heavy atom. The second kappa shape index (κ2) is 9.75. The zero-order valence-electron chi connectivity index (χ0n) is 17.8. The lowest BCUT2D eigenvalue weighted by Gasteiger charge is -2.21. The van der Waals surface area contributed by atoms with Gasteiger partial charge < -0.3 is 15.2 Å². The van der Waals surface area contributed by atoms with Crippen molar-refractivity contribution >= 4 is 28.8 Å². The topological polar surface area (TPSA) is 103 Å². The Hall–Kier alpha value is -3.19. The molecule has 3 rings (SSSR count). The number of benzene rings is 1. The van der Waals surface area contributed by atoms with Crippen molar-refractivity contribution < 1.29 is 19.8 Å². The largest absolute Gasteiger partial charge is 0.478 e. The molecule has 2 atom stereocenters. The van der Waals surface area contributed by atoms with Gasteiger partial charge in [-0.3, -0.25) is 0 Å². The fraction of sp³-hybridized carbons (Fsp3) is 0.292. The molecule has 0 amide bonds. The minimum absolute atomic E-state index is 0.0335. The van der Waals surface area contributed by atoms with Crippen molar-refractivity contribution in [2.24, 2.45) is 5.92 Å². The molecule has 2 aromatic heterocycles. The standard InChI is InChI=1S/C24H26N2O4S/c1-4-6-18(24(29)30)21-17(11-12-31-21)19-13-25-22(26-19)20(14(3)5-2)15-7-9-16(10-8-15)23(27)28/h6-14,20H,4-5H2,1-3H3,(H,25,26)(H,27,28)(H,29,30). The summed E-state index contributed by atoms with van der Waals surface area (Å²) in [6, 6.07) is 8.81. The van der Waals surface area contributed by atoms with E-state index < -0.39 is 11.9 Å². The zero-order chi connectivity index (χ0) is 22.5. The lowest BCUT2D eigenvalue weighted by molar-refractivity contribution is -0.130. The summed E-state index contributed by atoms with van der Waals surface area (Å²) in [4.78, 5) is 31.7. The Kier molecular flexibility index (Phi) is 7.07. The van der Waals surface area contributed by atoms with Crippen LogP contribution in [0.25, 0.3) is 16.8 Å². The van der Waals surface area contributed by atoms with E-state index in [0.29, 0.717) is 16.9 Å². The molecular weight excluding hydrogens is 412 g/mol. The van der Waals surface area contributed by atoms with Crippen LogP contribution in [0.5, 0.6) is 0 Å². The number of aromatic amines is 1. The molecule has 0 fully saturated rings. The highest BCUT2D eigenvalue weighted by molar-refractivity contribution is 7.12. The van der Waals surface area contributed by atoms with Crippen molar-refractivity contribution in [3.05, 3.63) is 69.8 Å². The Balaban J connectivity index is 2.01. The van der Waals surface area contributed by atoms with Crippen molar-refractivity contribution in [3.8, 4) is 11.3 Å². The average Bonchev–Trinajstić information content (AvgIpc) is 3.41. The normalized spacial score (nSPS) is 13.7. The summed E-state index contributed by atoms with van der Waals surface area (Å²) in [6.07, 6.45) is 5.03. The van der Waals surface area contributed by atoms with Crippen LogP contribution < -0.4 is 0 Å². The maximum Gasteiger partial charge on any atom is 0.336 e. The van der Waals surface area contributed by atoms with Crippen LogP contribution in [0.2, 0.25) is 0 Å². The van der Waals surface area contributed by atoms with Crippen molar-refractivity contribution in [2.75, 3.05) is 0 Å². The summed E-state index contributed by atoms with van der Waals surface area (Å²) in [5, 5.41) is 20.7. The second-order valence-electron chi connectivity index (χ2n) is 7.47. The van der Waals surface area contributed by atoms with Crippen molar-refractivity contribution in [1.29, 1.82) is 0 Å². The highest BCUT2D eigenvalue weighted by atomic mass is 32.1. The number of H-pyrrole nitrogens is 1. The first kappa shape index (κ1) is 22.5. The first-order valence-corrected chi connectivity index (χ1v) is 11.1. The minimum Gasteiger partial charge on any atom is -0.478 e. The number of imidazole rings is 1. The third kappa shape index (κ3) is 4.77. The predicted octanol–water partition coefficient (Wildman–Crippen LogP) is 5.89. The lowest BCUT2D eigenvalue weighted by atomic mass is 9.84. The number of carboxylic acid groups (broad SMARTS) is 2. The Morgan fingerprint density at radius 1 is 1.16 bits per heavy atom. The number of nitrogens with zero attached hydrogens (tertiary/aromatic N) is 1. The maximum absolute atomic E-state index is 11.7. The van der Waals surface area contributed by atoms with Crippen molar-refractivity contribution in [1.82, 2.24) is 9.97 Å². The van der Waals surface area contributed by atoms with Crippen molar-refractivity contribution in [3.63, 3.8) is 0 Å². The highest BCUT2D eigenvalue weighted by Gasteiger charge is 2.25. The van der Waals surface area contributed by atoms with Crippen LogP contribution in [0, 0.1) is 5.92 Å². The summed E-state index contributed by atoms with van der Waals surface area (Å²) in [5.41, 5.74) is 3.12. The molecular formula is C24H26N2O4S. The van der Waals surface area contributed by atoms with Gasteiger partial charge in [-0.05, 0) is 41.5 Å². The van der Waals surface area contributed by atoms with Gasteiger partial charge in [0.05, 0.1) is 27.9 Å². The Bertz CT molecular complexity index is 1090. The number of carbonyl (C=O) groups is 2. The first-order chi connectivity index (χ1) is 14.9. The van der Waals surface area contributed by atoms with Crippen LogP contribution in [0.4, 0.5) is 0 Å². The van der Waals surface area contributed by atoms with Gasteiger partial charge in [-0.15, -0.1) is 11.3 Å². The SMILES string of the molecule is CCC=C(C(=O)O)c1sccc1-c1cnc(C(c2ccc(C(=O)O)cc2)C(C)CC)[nH]1. The fourth-order valence-electron chi connectivity index (χ4n) is 3.67. The summed E-state index contributed by atoms with van der Waals surface area (Å²) in [6.45, 7) is 6.16. The smallest absolute Gasteiger partial charge is 0.336 e. The molecule has 31 heavy (non-hydrogen) atoms. The molecule has 7 heteroatoms. The Labute approximate surface area is 185 Å². The number of allylic oxidation sites excluding steroid dienone is 1. The van der Waals surface area contributed by atoms with Gasteiger partial charge in [0.1, 0.15) is 5.82 Å². The molecule has 0 aliphatic heterocycles. The monoisotopic (exact) mass is 438 g/mol. The van der Waals surface area contributed by atoms with Gasteiger partial charge in [0.2, 0.25) is 0 Å². The molecule has 0 aliphatic carbocycles. The molecule has 2 unspecified atom stereocenters. The van der Waals surface area contributed by atoms with Crippen LogP contribution in [-0.2, 0) is 4.79 Å². The quantitative estimate of drug-likeness (QED) is 0.361. The molecule has 0 radical (unpaired) electrons. The molecule has 0 aliphatic rings. The van der Waals surface area contributed by atoms with Gasteiger partial charge in [0.15, 0.2) is 0 Å². The molecule has 0 bridgehead atoms. The van der Waals surface area contributed by atoms with E-state index in [9.17, 15) is 19.8 Å². The van der Waals surface area contributed by atoms with Crippen LogP contribution >= 0.6 is 11.3 Å². The van der Waals surface area contributed by atoms with E-state index >= 15 is 0 Å². The van der Waals surface area contributed by atoms with Gasteiger partial charge in [-0.2, -0.15) is 0 Å². The molecule has 3 aromatic rings. The number of thiophene rings is 1. The zero-order valence-corrected chi connectivity index (χ0v) is 18.6. The predicted molar refractivity (Wildman–Crippen MR) is 123 cm³/mol. The van der Waals surface area contributed by atoms with E-state index in [1.54, 1.807) is 24.4 Å². The van der Waals surface area contributed by atoms with E-state index in [0.717, 1.165) is 29.1 Å². The average molecular weight is 439 g/mol. The number of rotatable bonds is 9. The minimum atomic E-state index is -0.953. The van der Waals surface area contributed by atoms with Crippen LogP contribution in [0.15, 0.2) is 48.0 Å². The number of hydrogen-bond donors (Lipinski definition) is 3. The van der Waals surface area contributed by atoms with Crippen LogP contribution in [0.1, 0.15) is 66.2 Å². The van der Waals surface area contributed by atoms with Crippen LogP contribution in [-0.4, -0.2) is 32.1 Å². The summed E-state index contributed by atoms with van der Waals surface area (Å²) >= 11 is 1.40.